The van der Waals surface area contributed by atoms with Gasteiger partial charge < -0.3 is 10.2 Å². The number of halogens is 2. The Balaban J connectivity index is 2.37. The van der Waals surface area contributed by atoms with Crippen molar-refractivity contribution in [1.82, 2.24) is 9.97 Å². The summed E-state index contributed by atoms with van der Waals surface area (Å²) < 4.78 is 0. The highest BCUT2D eigenvalue weighted by Crippen LogP contribution is 2.34. The second-order valence-electron chi connectivity index (χ2n) is 3.84. The van der Waals surface area contributed by atoms with Crippen LogP contribution >= 0.6 is 27.5 Å². The van der Waals surface area contributed by atoms with Gasteiger partial charge in [0.05, 0.1) is 0 Å². The summed E-state index contributed by atoms with van der Waals surface area (Å²) in [6.07, 6.45) is 1.90. The number of amides is 1. The molecule has 0 aliphatic carbocycles. The van der Waals surface area contributed by atoms with Crippen molar-refractivity contribution >= 4 is 44.9 Å². The van der Waals surface area contributed by atoms with E-state index in [2.05, 4.69) is 31.2 Å². The molecule has 5 nitrogen and oxygen atoms in total. The molecular weight excluding hydrogens is 307 g/mol. The highest BCUT2D eigenvalue weighted by molar-refractivity contribution is 9.09. The summed E-state index contributed by atoms with van der Waals surface area (Å²) >= 11 is 9.45. The third kappa shape index (κ3) is 2.37. The van der Waals surface area contributed by atoms with Gasteiger partial charge >= 0.3 is 0 Å². The van der Waals surface area contributed by atoms with Gasteiger partial charge in [-0.25, -0.2) is 9.97 Å². The van der Waals surface area contributed by atoms with Crippen LogP contribution in [0.25, 0.3) is 0 Å². The van der Waals surface area contributed by atoms with E-state index in [1.807, 2.05) is 0 Å². The predicted octanol–water partition coefficient (Wildman–Crippen LogP) is 1.92. The average molecular weight is 320 g/mol. The van der Waals surface area contributed by atoms with Crippen LogP contribution < -0.4 is 10.2 Å². The molecule has 1 aliphatic rings. The molecule has 7 heteroatoms. The lowest BCUT2D eigenvalue weighted by atomic mass is 10.2. The number of nitrogens with one attached hydrogen (secondary N) is 1. The molecule has 92 valence electrons. The molecular formula is C10H12BrClN4O. The van der Waals surface area contributed by atoms with Crippen LogP contribution in [0.1, 0.15) is 6.42 Å². The van der Waals surface area contributed by atoms with Gasteiger partial charge in [0.15, 0.2) is 11.0 Å². The van der Waals surface area contributed by atoms with Gasteiger partial charge in [0.2, 0.25) is 5.91 Å². The van der Waals surface area contributed by atoms with E-state index in [-0.39, 0.29) is 5.91 Å². The zero-order chi connectivity index (χ0) is 12.4. The Morgan fingerprint density at radius 3 is 3.00 bits per heavy atom. The van der Waals surface area contributed by atoms with Gasteiger partial charge in [0.25, 0.3) is 0 Å². The van der Waals surface area contributed by atoms with E-state index < -0.39 is 0 Å². The number of nitrogens with zero attached hydrogens (tertiary/aromatic N) is 3. The summed E-state index contributed by atoms with van der Waals surface area (Å²) in [6, 6.07) is 0. The molecule has 0 aromatic carbocycles. The first-order chi connectivity index (χ1) is 8.17. The summed E-state index contributed by atoms with van der Waals surface area (Å²) in [7, 11) is 1.74. The standard InChI is InChI=1S/C10H12BrClN4O/c1-13-10-8(9(12)14-5-15-10)16-4-6(3-11)2-7(16)17/h5-6H,2-4H2,1H3,(H,13,14,15). The second-order valence-corrected chi connectivity index (χ2v) is 4.85. The largest absolute Gasteiger partial charge is 0.371 e. The number of hydrogen-bond donors (Lipinski definition) is 1. The Labute approximate surface area is 113 Å². The Hall–Kier alpha value is -0.880. The molecule has 17 heavy (non-hydrogen) atoms. The van der Waals surface area contributed by atoms with Crippen LogP contribution in [0.3, 0.4) is 0 Å². The number of hydrogen-bond acceptors (Lipinski definition) is 4. The lowest BCUT2D eigenvalue weighted by Crippen LogP contribution is -2.26. The topological polar surface area (TPSA) is 58.1 Å². The fraction of sp³-hybridized carbons (Fsp3) is 0.500. The molecule has 1 atom stereocenters. The van der Waals surface area contributed by atoms with Crippen molar-refractivity contribution in [3.63, 3.8) is 0 Å². The van der Waals surface area contributed by atoms with Crippen molar-refractivity contribution in [2.75, 3.05) is 29.1 Å². The smallest absolute Gasteiger partial charge is 0.227 e. The van der Waals surface area contributed by atoms with Crippen LogP contribution in [-0.4, -0.2) is 34.8 Å². The monoisotopic (exact) mass is 318 g/mol. The zero-order valence-corrected chi connectivity index (χ0v) is 11.6. The third-order valence-electron chi connectivity index (χ3n) is 2.71. The summed E-state index contributed by atoms with van der Waals surface area (Å²) in [5.41, 5.74) is 0.574. The molecule has 1 saturated heterocycles. The molecule has 2 heterocycles. The first-order valence-electron chi connectivity index (χ1n) is 5.22. The van der Waals surface area contributed by atoms with E-state index in [0.717, 1.165) is 5.33 Å². The van der Waals surface area contributed by atoms with Crippen LogP contribution in [0.2, 0.25) is 5.15 Å². The molecule has 0 saturated carbocycles. The van der Waals surface area contributed by atoms with Crippen molar-refractivity contribution in [2.45, 2.75) is 6.42 Å². The van der Waals surface area contributed by atoms with Gasteiger partial charge in [0.1, 0.15) is 12.0 Å². The maximum Gasteiger partial charge on any atom is 0.227 e. The van der Waals surface area contributed by atoms with Crippen LogP contribution in [0.15, 0.2) is 6.33 Å². The maximum atomic E-state index is 11.9. The number of anilines is 2. The van der Waals surface area contributed by atoms with Gasteiger partial charge in [-0.05, 0) is 5.92 Å². The lowest BCUT2D eigenvalue weighted by molar-refractivity contribution is -0.117. The molecule has 1 fully saturated rings. The Kier molecular flexibility index (Phi) is 3.83. The minimum absolute atomic E-state index is 0.0580. The van der Waals surface area contributed by atoms with Gasteiger partial charge in [-0.1, -0.05) is 27.5 Å². The molecule has 0 spiro atoms. The first kappa shape index (κ1) is 12.6. The van der Waals surface area contributed by atoms with Crippen molar-refractivity contribution in [3.8, 4) is 0 Å². The number of aromatic nitrogens is 2. The van der Waals surface area contributed by atoms with Crippen LogP contribution in [0.5, 0.6) is 0 Å². The van der Waals surface area contributed by atoms with Crippen LogP contribution in [0, 0.1) is 5.92 Å². The SMILES string of the molecule is CNc1ncnc(Cl)c1N1CC(CBr)CC1=O. The zero-order valence-electron chi connectivity index (χ0n) is 9.28. The summed E-state index contributed by atoms with van der Waals surface area (Å²) in [4.78, 5) is 21.6. The number of alkyl halides is 1. The third-order valence-corrected chi connectivity index (χ3v) is 3.90. The van der Waals surface area contributed by atoms with E-state index in [0.29, 0.717) is 35.5 Å². The van der Waals surface area contributed by atoms with Gasteiger partial charge in [-0.3, -0.25) is 4.79 Å². The van der Waals surface area contributed by atoms with E-state index in [1.165, 1.54) is 6.33 Å². The van der Waals surface area contributed by atoms with E-state index in [9.17, 15) is 4.79 Å². The molecule has 1 aliphatic heterocycles. The Morgan fingerprint density at radius 2 is 2.41 bits per heavy atom. The summed E-state index contributed by atoms with van der Waals surface area (Å²) in [5.74, 6) is 0.944. The number of carbonyl (C=O) groups excluding carboxylic acids is 1. The first-order valence-corrected chi connectivity index (χ1v) is 6.72. The van der Waals surface area contributed by atoms with Gasteiger partial charge in [-0.15, -0.1) is 0 Å². The molecule has 0 bridgehead atoms. The van der Waals surface area contributed by atoms with Crippen molar-refractivity contribution in [1.29, 1.82) is 0 Å². The van der Waals surface area contributed by atoms with Gasteiger partial charge in [-0.2, -0.15) is 0 Å². The molecule has 2 rings (SSSR count). The quantitative estimate of drug-likeness (QED) is 0.683. The van der Waals surface area contributed by atoms with Crippen LogP contribution in [-0.2, 0) is 4.79 Å². The average Bonchev–Trinajstić information content (AvgIpc) is 2.70. The van der Waals surface area contributed by atoms with Crippen molar-refractivity contribution in [3.05, 3.63) is 11.5 Å². The second kappa shape index (κ2) is 5.18. The van der Waals surface area contributed by atoms with Crippen molar-refractivity contribution in [2.24, 2.45) is 5.92 Å². The van der Waals surface area contributed by atoms with E-state index in [4.69, 9.17) is 11.6 Å². The lowest BCUT2D eigenvalue weighted by Gasteiger charge is -2.19. The molecule has 1 aromatic heterocycles. The number of carbonyl (C=O) groups is 1. The number of rotatable bonds is 3. The summed E-state index contributed by atoms with van der Waals surface area (Å²) in [6.45, 7) is 0.645. The molecule has 1 aromatic rings. The van der Waals surface area contributed by atoms with E-state index in [1.54, 1.807) is 11.9 Å². The maximum absolute atomic E-state index is 11.9. The molecule has 0 radical (unpaired) electrons. The van der Waals surface area contributed by atoms with E-state index >= 15 is 0 Å². The fourth-order valence-electron chi connectivity index (χ4n) is 1.88. The summed E-state index contributed by atoms with van der Waals surface area (Å²) in [5, 5.41) is 4.03. The Morgan fingerprint density at radius 1 is 1.65 bits per heavy atom. The fourth-order valence-corrected chi connectivity index (χ4v) is 2.55. The van der Waals surface area contributed by atoms with Gasteiger partial charge in [0, 0.05) is 25.3 Å². The minimum atomic E-state index is 0.0580. The highest BCUT2D eigenvalue weighted by Gasteiger charge is 2.33. The minimum Gasteiger partial charge on any atom is -0.371 e. The normalized spacial score (nSPS) is 19.8. The van der Waals surface area contributed by atoms with Crippen LogP contribution in [0.4, 0.5) is 11.5 Å². The Bertz CT molecular complexity index is 442. The molecule has 1 unspecified atom stereocenters. The molecule has 1 N–H and O–H groups in total. The van der Waals surface area contributed by atoms with Crippen molar-refractivity contribution < 1.29 is 4.79 Å². The predicted molar refractivity (Wildman–Crippen MR) is 70.8 cm³/mol. The highest BCUT2D eigenvalue weighted by atomic mass is 79.9. The molecule has 1 amide bonds.